The standard InChI is InChI=1S/C9H8Br2OS/c10-5-8(12)4-6-3-7(11)1-2-9(6)13/h1-3,13H,4-5H2. The van der Waals surface area contributed by atoms with Gasteiger partial charge in [-0.15, -0.1) is 12.6 Å². The van der Waals surface area contributed by atoms with Crippen LogP contribution in [0.1, 0.15) is 5.56 Å². The van der Waals surface area contributed by atoms with Gasteiger partial charge in [0.1, 0.15) is 5.78 Å². The van der Waals surface area contributed by atoms with Crippen molar-refractivity contribution in [1.29, 1.82) is 0 Å². The third kappa shape index (κ3) is 3.44. The predicted octanol–water partition coefficient (Wildman–Crippen LogP) is 3.24. The van der Waals surface area contributed by atoms with Gasteiger partial charge in [0.25, 0.3) is 0 Å². The Balaban J connectivity index is 2.87. The van der Waals surface area contributed by atoms with Crippen molar-refractivity contribution in [2.24, 2.45) is 0 Å². The molecule has 0 heterocycles. The summed E-state index contributed by atoms with van der Waals surface area (Å²) < 4.78 is 0.975. The van der Waals surface area contributed by atoms with Crippen LogP contribution in [0.3, 0.4) is 0 Å². The maximum atomic E-state index is 11.1. The Morgan fingerprint density at radius 2 is 2.15 bits per heavy atom. The lowest BCUT2D eigenvalue weighted by molar-refractivity contribution is -0.115. The zero-order valence-electron chi connectivity index (χ0n) is 6.76. The monoisotopic (exact) mass is 322 g/mol. The Labute approximate surface area is 99.6 Å². The van der Waals surface area contributed by atoms with Crippen molar-refractivity contribution in [3.8, 4) is 0 Å². The Hall–Kier alpha value is 0.200. The van der Waals surface area contributed by atoms with Gasteiger partial charge in [0.2, 0.25) is 0 Å². The third-order valence-corrected chi connectivity index (χ3v) is 3.13. The molecule has 0 saturated carbocycles. The fourth-order valence-corrected chi connectivity index (χ4v) is 1.78. The van der Waals surface area contributed by atoms with Crippen LogP contribution in [0.2, 0.25) is 0 Å². The van der Waals surface area contributed by atoms with Crippen LogP contribution in [0.15, 0.2) is 27.6 Å². The van der Waals surface area contributed by atoms with Gasteiger partial charge >= 0.3 is 0 Å². The number of rotatable bonds is 3. The van der Waals surface area contributed by atoms with Gasteiger partial charge in [-0.1, -0.05) is 31.9 Å². The van der Waals surface area contributed by atoms with Crippen LogP contribution in [0, 0.1) is 0 Å². The van der Waals surface area contributed by atoms with Gasteiger partial charge in [-0.3, -0.25) is 4.79 Å². The van der Waals surface area contributed by atoms with Crippen molar-refractivity contribution in [3.05, 3.63) is 28.2 Å². The van der Waals surface area contributed by atoms with Crippen LogP contribution >= 0.6 is 44.5 Å². The summed E-state index contributed by atoms with van der Waals surface area (Å²) >= 11 is 10.8. The van der Waals surface area contributed by atoms with Crippen molar-refractivity contribution in [2.45, 2.75) is 11.3 Å². The van der Waals surface area contributed by atoms with Gasteiger partial charge in [0.15, 0.2) is 0 Å². The fraction of sp³-hybridized carbons (Fsp3) is 0.222. The lowest BCUT2D eigenvalue weighted by atomic mass is 10.1. The van der Waals surface area contributed by atoms with Gasteiger partial charge in [0.05, 0.1) is 5.33 Å². The molecule has 0 unspecified atom stereocenters. The summed E-state index contributed by atoms with van der Waals surface area (Å²) in [4.78, 5) is 12.0. The molecule has 0 aliphatic rings. The minimum absolute atomic E-state index is 0.161. The molecule has 0 amide bonds. The van der Waals surface area contributed by atoms with E-state index in [1.54, 1.807) is 0 Å². The Kier molecular flexibility index (Phi) is 4.49. The first-order valence-electron chi connectivity index (χ1n) is 3.68. The molecule has 0 aromatic heterocycles. The second kappa shape index (κ2) is 5.17. The van der Waals surface area contributed by atoms with E-state index in [9.17, 15) is 4.79 Å². The number of halogens is 2. The van der Waals surface area contributed by atoms with Crippen molar-refractivity contribution in [3.63, 3.8) is 0 Å². The molecule has 0 radical (unpaired) electrons. The number of carbonyl (C=O) groups excluding carboxylic acids is 1. The molecule has 0 atom stereocenters. The highest BCUT2D eigenvalue weighted by molar-refractivity contribution is 9.10. The van der Waals surface area contributed by atoms with Gasteiger partial charge < -0.3 is 0 Å². The molecule has 1 nitrogen and oxygen atoms in total. The number of hydrogen-bond donors (Lipinski definition) is 1. The lowest BCUT2D eigenvalue weighted by Crippen LogP contribution is -2.04. The second-order valence-electron chi connectivity index (χ2n) is 2.62. The number of alkyl halides is 1. The van der Waals surface area contributed by atoms with Crippen LogP contribution in [0.25, 0.3) is 0 Å². The number of carbonyl (C=O) groups is 1. The summed E-state index contributed by atoms with van der Waals surface area (Å²) in [6, 6.07) is 5.71. The first kappa shape index (κ1) is 11.3. The topological polar surface area (TPSA) is 17.1 Å². The van der Waals surface area contributed by atoms with Gasteiger partial charge in [-0.05, 0) is 23.8 Å². The molecule has 0 saturated heterocycles. The fourth-order valence-electron chi connectivity index (χ4n) is 0.955. The summed E-state index contributed by atoms with van der Waals surface area (Å²) in [6.45, 7) is 0. The third-order valence-electron chi connectivity index (χ3n) is 1.58. The van der Waals surface area contributed by atoms with Crippen molar-refractivity contribution >= 4 is 50.3 Å². The maximum absolute atomic E-state index is 11.1. The van der Waals surface area contributed by atoms with E-state index in [1.807, 2.05) is 18.2 Å². The Morgan fingerprint density at radius 1 is 1.46 bits per heavy atom. The largest absolute Gasteiger partial charge is 0.298 e. The second-order valence-corrected chi connectivity index (χ2v) is 4.58. The molecular weight excluding hydrogens is 316 g/mol. The zero-order valence-corrected chi connectivity index (χ0v) is 10.8. The van der Waals surface area contributed by atoms with Gasteiger partial charge in [-0.25, -0.2) is 0 Å². The van der Waals surface area contributed by atoms with E-state index in [1.165, 1.54) is 0 Å². The summed E-state index contributed by atoms with van der Waals surface area (Å²) in [5.41, 5.74) is 0.960. The molecule has 1 rings (SSSR count). The Morgan fingerprint density at radius 3 is 2.77 bits per heavy atom. The summed E-state index contributed by atoms with van der Waals surface area (Å²) in [5, 5.41) is 0.396. The first-order chi connectivity index (χ1) is 6.13. The molecule has 0 fully saturated rings. The van der Waals surface area contributed by atoms with Crippen molar-refractivity contribution in [2.75, 3.05) is 5.33 Å². The van der Waals surface area contributed by atoms with Crippen LogP contribution in [0.5, 0.6) is 0 Å². The predicted molar refractivity (Wildman–Crippen MR) is 63.9 cm³/mol. The van der Waals surface area contributed by atoms with Gasteiger partial charge in [0, 0.05) is 15.8 Å². The highest BCUT2D eigenvalue weighted by atomic mass is 79.9. The highest BCUT2D eigenvalue weighted by Crippen LogP contribution is 2.20. The summed E-state index contributed by atoms with van der Waals surface area (Å²) in [6.07, 6.45) is 0.434. The van der Waals surface area contributed by atoms with E-state index in [0.717, 1.165) is 14.9 Å². The highest BCUT2D eigenvalue weighted by Gasteiger charge is 2.05. The molecule has 0 spiro atoms. The molecule has 0 aliphatic heterocycles. The number of benzene rings is 1. The van der Waals surface area contributed by atoms with Crippen molar-refractivity contribution in [1.82, 2.24) is 0 Å². The maximum Gasteiger partial charge on any atom is 0.147 e. The number of ketones is 1. The number of Topliss-reactive ketones (excluding diaryl/α,β-unsaturated/α-hetero) is 1. The van der Waals surface area contributed by atoms with E-state index in [4.69, 9.17) is 0 Å². The molecule has 4 heteroatoms. The first-order valence-corrected chi connectivity index (χ1v) is 6.04. The quantitative estimate of drug-likeness (QED) is 0.667. The molecule has 1 aromatic carbocycles. The molecule has 0 N–H and O–H groups in total. The van der Waals surface area contributed by atoms with Crippen LogP contribution in [-0.2, 0) is 11.2 Å². The smallest absolute Gasteiger partial charge is 0.147 e. The van der Waals surface area contributed by atoms with Crippen molar-refractivity contribution < 1.29 is 4.79 Å². The molecule has 1 aromatic rings. The molecule has 13 heavy (non-hydrogen) atoms. The zero-order chi connectivity index (χ0) is 9.84. The van der Waals surface area contributed by atoms with Crippen LogP contribution < -0.4 is 0 Å². The SMILES string of the molecule is O=C(CBr)Cc1cc(Br)ccc1S. The van der Waals surface area contributed by atoms with Crippen LogP contribution in [0.4, 0.5) is 0 Å². The summed E-state index contributed by atoms with van der Waals surface area (Å²) in [7, 11) is 0. The van der Waals surface area contributed by atoms with E-state index in [0.29, 0.717) is 11.8 Å². The molecule has 0 bridgehead atoms. The van der Waals surface area contributed by atoms with E-state index < -0.39 is 0 Å². The lowest BCUT2D eigenvalue weighted by Gasteiger charge is -2.03. The number of hydrogen-bond acceptors (Lipinski definition) is 2. The van der Waals surface area contributed by atoms with Crippen LogP contribution in [-0.4, -0.2) is 11.1 Å². The van der Waals surface area contributed by atoms with E-state index in [-0.39, 0.29) is 5.78 Å². The van der Waals surface area contributed by atoms with Gasteiger partial charge in [-0.2, -0.15) is 0 Å². The Bertz CT molecular complexity index is 325. The molecular formula is C9H8Br2OS. The average molecular weight is 324 g/mol. The summed E-state index contributed by atoms with van der Waals surface area (Å²) in [5.74, 6) is 0.161. The minimum Gasteiger partial charge on any atom is -0.298 e. The molecule has 0 aliphatic carbocycles. The number of thiol groups is 1. The molecule has 70 valence electrons. The van der Waals surface area contributed by atoms with E-state index >= 15 is 0 Å². The van der Waals surface area contributed by atoms with E-state index in [2.05, 4.69) is 44.5 Å². The average Bonchev–Trinajstić information content (AvgIpc) is 2.11. The minimum atomic E-state index is 0.161. The normalized spacial score (nSPS) is 10.1.